The molecule has 2 nitrogen and oxygen atoms in total. The van der Waals surface area contributed by atoms with Crippen LogP contribution in [0.2, 0.25) is 5.02 Å². The molecule has 2 N–H and O–H groups in total. The number of aromatic hydroxyl groups is 1. The third-order valence-electron chi connectivity index (χ3n) is 3.48. The number of phenols is 1. The zero-order chi connectivity index (χ0) is 13.1. The van der Waals surface area contributed by atoms with E-state index < -0.39 is 0 Å². The Hall–Kier alpha value is -0.730. The molecule has 0 amide bonds. The molecular weight excluding hydrogens is 234 g/mol. The largest absolute Gasteiger partial charge is 0.506 e. The molecule has 17 heavy (non-hydrogen) atoms. The minimum absolute atomic E-state index is 0.137. The van der Waals surface area contributed by atoms with E-state index >= 15 is 0 Å². The maximum Gasteiger partial charge on any atom is 0.134 e. The molecule has 0 unspecified atom stereocenters. The summed E-state index contributed by atoms with van der Waals surface area (Å²) in [5.74, 6) is 0.774. The Bertz CT molecular complexity index is 374. The Balaban J connectivity index is 2.49. The van der Waals surface area contributed by atoms with E-state index in [9.17, 15) is 5.11 Å². The molecule has 96 valence electrons. The maximum atomic E-state index is 9.32. The van der Waals surface area contributed by atoms with Crippen LogP contribution in [0.5, 0.6) is 5.75 Å². The van der Waals surface area contributed by atoms with Gasteiger partial charge in [0.05, 0.1) is 5.02 Å². The van der Waals surface area contributed by atoms with Crippen molar-refractivity contribution in [1.82, 2.24) is 5.32 Å². The minimum Gasteiger partial charge on any atom is -0.506 e. The van der Waals surface area contributed by atoms with Gasteiger partial charge in [0.1, 0.15) is 5.75 Å². The molecule has 0 saturated heterocycles. The van der Waals surface area contributed by atoms with Crippen molar-refractivity contribution in [3.8, 4) is 5.75 Å². The topological polar surface area (TPSA) is 32.3 Å². The van der Waals surface area contributed by atoms with E-state index in [1.54, 1.807) is 12.1 Å². The monoisotopic (exact) mass is 255 g/mol. The van der Waals surface area contributed by atoms with E-state index in [0.29, 0.717) is 10.9 Å². The van der Waals surface area contributed by atoms with Gasteiger partial charge in [-0.05, 0) is 29.0 Å². The highest BCUT2D eigenvalue weighted by Gasteiger charge is 2.21. The van der Waals surface area contributed by atoms with E-state index in [0.717, 1.165) is 18.7 Å². The van der Waals surface area contributed by atoms with Crippen molar-refractivity contribution in [3.05, 3.63) is 28.8 Å². The van der Waals surface area contributed by atoms with Crippen LogP contribution < -0.4 is 5.32 Å². The number of hydrogen-bond acceptors (Lipinski definition) is 2. The highest BCUT2D eigenvalue weighted by molar-refractivity contribution is 6.32. The Morgan fingerprint density at radius 2 is 2.00 bits per heavy atom. The van der Waals surface area contributed by atoms with Gasteiger partial charge in [0.2, 0.25) is 0 Å². The summed E-state index contributed by atoms with van der Waals surface area (Å²) in [4.78, 5) is 0. The average Bonchev–Trinajstić information content (AvgIpc) is 2.23. The number of rotatable bonds is 5. The average molecular weight is 256 g/mol. The normalized spacial score (nSPS) is 12.1. The SMILES string of the molecule is CC(C)C(C)(C)CNCc1ccc(O)c(Cl)c1. The molecule has 0 spiro atoms. The fourth-order valence-electron chi connectivity index (χ4n) is 1.39. The van der Waals surface area contributed by atoms with Crippen LogP contribution in [0.25, 0.3) is 0 Å². The number of phenolic OH excluding ortho intramolecular Hbond substituents is 1. The summed E-state index contributed by atoms with van der Waals surface area (Å²) in [7, 11) is 0. The van der Waals surface area contributed by atoms with Crippen molar-refractivity contribution < 1.29 is 5.11 Å². The first-order valence-corrected chi connectivity index (χ1v) is 6.39. The summed E-state index contributed by atoms with van der Waals surface area (Å²) >= 11 is 5.86. The number of hydrogen-bond donors (Lipinski definition) is 2. The Morgan fingerprint density at radius 1 is 1.35 bits per heavy atom. The molecule has 1 aromatic carbocycles. The lowest BCUT2D eigenvalue weighted by molar-refractivity contribution is 0.238. The fraction of sp³-hybridized carbons (Fsp3) is 0.571. The van der Waals surface area contributed by atoms with E-state index in [1.165, 1.54) is 0 Å². The van der Waals surface area contributed by atoms with E-state index in [2.05, 4.69) is 33.0 Å². The van der Waals surface area contributed by atoms with Gasteiger partial charge in [-0.25, -0.2) is 0 Å². The van der Waals surface area contributed by atoms with Gasteiger partial charge in [-0.3, -0.25) is 0 Å². The molecule has 0 saturated carbocycles. The molecule has 1 rings (SSSR count). The lowest BCUT2D eigenvalue weighted by Crippen LogP contribution is -2.33. The summed E-state index contributed by atoms with van der Waals surface area (Å²) < 4.78 is 0. The fourth-order valence-corrected chi connectivity index (χ4v) is 1.60. The first-order valence-electron chi connectivity index (χ1n) is 6.01. The lowest BCUT2D eigenvalue weighted by Gasteiger charge is -2.29. The van der Waals surface area contributed by atoms with Crippen molar-refractivity contribution >= 4 is 11.6 Å². The van der Waals surface area contributed by atoms with Crippen LogP contribution in [0, 0.1) is 11.3 Å². The molecular formula is C14H22ClNO. The number of nitrogens with one attached hydrogen (secondary N) is 1. The third kappa shape index (κ3) is 4.21. The van der Waals surface area contributed by atoms with E-state index in [1.807, 2.05) is 6.07 Å². The summed E-state index contributed by atoms with van der Waals surface area (Å²) in [6, 6.07) is 5.32. The predicted octanol–water partition coefficient (Wildman–Crippen LogP) is 3.82. The van der Waals surface area contributed by atoms with Crippen molar-refractivity contribution in [1.29, 1.82) is 0 Å². The summed E-state index contributed by atoms with van der Waals surface area (Å²) in [6.07, 6.45) is 0. The molecule has 0 aliphatic carbocycles. The summed E-state index contributed by atoms with van der Waals surface area (Å²) in [6.45, 7) is 10.7. The third-order valence-corrected chi connectivity index (χ3v) is 3.79. The van der Waals surface area contributed by atoms with E-state index in [-0.39, 0.29) is 11.2 Å². The first-order chi connectivity index (χ1) is 7.83. The highest BCUT2D eigenvalue weighted by Crippen LogP contribution is 2.26. The minimum atomic E-state index is 0.137. The van der Waals surface area contributed by atoms with Gasteiger partial charge in [-0.15, -0.1) is 0 Å². The maximum absolute atomic E-state index is 9.32. The molecule has 1 aromatic rings. The molecule has 0 aliphatic heterocycles. The molecule has 3 heteroatoms. The second-order valence-corrected chi connectivity index (χ2v) is 5.94. The molecule has 0 aromatic heterocycles. The van der Waals surface area contributed by atoms with Gasteiger partial charge >= 0.3 is 0 Å². The van der Waals surface area contributed by atoms with Crippen LogP contribution >= 0.6 is 11.6 Å². The zero-order valence-electron chi connectivity index (χ0n) is 11.0. The van der Waals surface area contributed by atoms with Gasteiger partial charge < -0.3 is 10.4 Å². The van der Waals surface area contributed by atoms with Crippen molar-refractivity contribution in [2.24, 2.45) is 11.3 Å². The van der Waals surface area contributed by atoms with Crippen LogP contribution in [0.15, 0.2) is 18.2 Å². The van der Waals surface area contributed by atoms with Gasteiger partial charge in [0, 0.05) is 13.1 Å². The number of halogens is 1. The van der Waals surface area contributed by atoms with E-state index in [4.69, 9.17) is 11.6 Å². The van der Waals surface area contributed by atoms with Crippen molar-refractivity contribution in [3.63, 3.8) is 0 Å². The molecule has 0 aliphatic rings. The zero-order valence-corrected chi connectivity index (χ0v) is 11.8. The predicted molar refractivity (Wildman–Crippen MR) is 73.4 cm³/mol. The molecule has 0 bridgehead atoms. The Labute approximate surface area is 109 Å². The Morgan fingerprint density at radius 3 is 2.53 bits per heavy atom. The molecule has 0 fully saturated rings. The summed E-state index contributed by atoms with van der Waals surface area (Å²) in [5, 5.41) is 13.2. The van der Waals surface area contributed by atoms with Crippen LogP contribution in [0.3, 0.4) is 0 Å². The first kappa shape index (κ1) is 14.3. The van der Waals surface area contributed by atoms with Gasteiger partial charge in [0.25, 0.3) is 0 Å². The molecule has 0 radical (unpaired) electrons. The van der Waals surface area contributed by atoms with Crippen LogP contribution in [-0.4, -0.2) is 11.7 Å². The highest BCUT2D eigenvalue weighted by atomic mass is 35.5. The molecule has 0 heterocycles. The standard InChI is InChI=1S/C14H22ClNO/c1-10(2)14(3,4)9-16-8-11-5-6-13(17)12(15)7-11/h5-7,10,16-17H,8-9H2,1-4H3. The van der Waals surface area contributed by atoms with Gasteiger partial charge in [-0.2, -0.15) is 0 Å². The Kier molecular flexibility index (Phi) is 4.84. The summed E-state index contributed by atoms with van der Waals surface area (Å²) in [5.41, 5.74) is 1.37. The van der Waals surface area contributed by atoms with Crippen LogP contribution in [-0.2, 0) is 6.54 Å². The van der Waals surface area contributed by atoms with Gasteiger partial charge in [0.15, 0.2) is 0 Å². The number of benzene rings is 1. The quantitative estimate of drug-likeness (QED) is 0.839. The van der Waals surface area contributed by atoms with Crippen LogP contribution in [0.4, 0.5) is 0 Å². The second-order valence-electron chi connectivity index (χ2n) is 5.53. The lowest BCUT2D eigenvalue weighted by atomic mass is 9.81. The van der Waals surface area contributed by atoms with Crippen molar-refractivity contribution in [2.45, 2.75) is 34.2 Å². The second kappa shape index (κ2) is 5.74. The molecule has 0 atom stereocenters. The van der Waals surface area contributed by atoms with Gasteiger partial charge in [-0.1, -0.05) is 45.4 Å². The van der Waals surface area contributed by atoms with Crippen LogP contribution in [0.1, 0.15) is 33.3 Å². The van der Waals surface area contributed by atoms with Crippen molar-refractivity contribution in [2.75, 3.05) is 6.54 Å². The smallest absolute Gasteiger partial charge is 0.134 e.